The van der Waals surface area contributed by atoms with E-state index in [1.807, 2.05) is 6.92 Å². The van der Waals surface area contributed by atoms with Crippen LogP contribution >= 0.6 is 0 Å². The van der Waals surface area contributed by atoms with Crippen LogP contribution in [-0.4, -0.2) is 39.2 Å². The van der Waals surface area contributed by atoms with Gasteiger partial charge in [0.05, 0.1) is 5.25 Å². The van der Waals surface area contributed by atoms with Gasteiger partial charge in [-0.15, -0.1) is 0 Å². The molecule has 0 saturated heterocycles. The fourth-order valence-electron chi connectivity index (χ4n) is 2.56. The summed E-state index contributed by atoms with van der Waals surface area (Å²) in [6.45, 7) is 3.35. The minimum Gasteiger partial charge on any atom is -0.382 e. The molecule has 3 unspecified atom stereocenters. The van der Waals surface area contributed by atoms with Crippen LogP contribution in [-0.2, 0) is 14.6 Å². The number of ether oxygens (including phenoxy) is 1. The van der Waals surface area contributed by atoms with Gasteiger partial charge in [-0.1, -0.05) is 6.42 Å². The largest absolute Gasteiger partial charge is 0.382 e. The van der Waals surface area contributed by atoms with Crippen LogP contribution in [0.15, 0.2) is 0 Å². The van der Waals surface area contributed by atoms with Crippen molar-refractivity contribution in [3.63, 3.8) is 0 Å². The molecule has 1 aliphatic carbocycles. The Morgan fingerprint density at radius 1 is 1.41 bits per heavy atom. The molecule has 0 aliphatic heterocycles. The maximum absolute atomic E-state index is 11.5. The van der Waals surface area contributed by atoms with Crippen molar-refractivity contribution < 1.29 is 13.2 Å². The average molecular weight is 263 g/mol. The highest BCUT2D eigenvalue weighted by molar-refractivity contribution is 7.91. The lowest BCUT2D eigenvalue weighted by molar-refractivity contribution is 0.130. The fraction of sp³-hybridized carbons (Fsp3) is 1.00. The van der Waals surface area contributed by atoms with Crippen molar-refractivity contribution in [1.29, 1.82) is 0 Å². The van der Waals surface area contributed by atoms with Crippen molar-refractivity contribution in [2.45, 2.75) is 50.3 Å². The van der Waals surface area contributed by atoms with Gasteiger partial charge in [0.25, 0.3) is 0 Å². The third-order valence-corrected chi connectivity index (χ3v) is 5.32. The maximum atomic E-state index is 11.5. The molecular weight excluding hydrogens is 238 g/mol. The summed E-state index contributed by atoms with van der Waals surface area (Å²) >= 11 is 0. The molecule has 17 heavy (non-hydrogen) atoms. The van der Waals surface area contributed by atoms with Gasteiger partial charge in [-0.25, -0.2) is 8.42 Å². The van der Waals surface area contributed by atoms with Gasteiger partial charge in [-0.3, -0.25) is 0 Å². The molecule has 0 spiro atoms. The van der Waals surface area contributed by atoms with Crippen LogP contribution in [0.25, 0.3) is 0 Å². The molecule has 0 amide bonds. The van der Waals surface area contributed by atoms with Crippen molar-refractivity contribution in [1.82, 2.24) is 0 Å². The zero-order valence-corrected chi connectivity index (χ0v) is 11.7. The molecule has 1 fully saturated rings. The second kappa shape index (κ2) is 6.71. The Labute approximate surface area is 105 Å². The van der Waals surface area contributed by atoms with Crippen molar-refractivity contribution in [2.24, 2.45) is 11.7 Å². The monoisotopic (exact) mass is 263 g/mol. The van der Waals surface area contributed by atoms with E-state index in [4.69, 9.17) is 10.5 Å². The van der Waals surface area contributed by atoms with Gasteiger partial charge in [0.15, 0.2) is 0 Å². The molecule has 5 heteroatoms. The normalized spacial score (nSPS) is 27.9. The lowest BCUT2D eigenvalue weighted by Gasteiger charge is -2.31. The third kappa shape index (κ3) is 4.94. The van der Waals surface area contributed by atoms with Gasteiger partial charge >= 0.3 is 0 Å². The SMILES string of the molecule is CCOCCC(N)C1CCCC(S(C)(=O)=O)C1. The van der Waals surface area contributed by atoms with Crippen molar-refractivity contribution in [3.05, 3.63) is 0 Å². The van der Waals surface area contributed by atoms with Crippen molar-refractivity contribution in [3.8, 4) is 0 Å². The molecule has 4 nitrogen and oxygen atoms in total. The van der Waals surface area contributed by atoms with Crippen molar-refractivity contribution in [2.75, 3.05) is 19.5 Å². The summed E-state index contributed by atoms with van der Waals surface area (Å²) in [6, 6.07) is 0.0751. The molecule has 0 heterocycles. The van der Waals surface area contributed by atoms with Gasteiger partial charge in [-0.2, -0.15) is 0 Å². The lowest BCUT2D eigenvalue weighted by Crippen LogP contribution is -2.38. The standard InChI is InChI=1S/C12H25NO3S/c1-3-16-8-7-12(13)10-5-4-6-11(9-10)17(2,14)15/h10-12H,3-9,13H2,1-2H3. The summed E-state index contributed by atoms with van der Waals surface area (Å²) in [7, 11) is -2.90. The van der Waals surface area contributed by atoms with E-state index < -0.39 is 9.84 Å². The zero-order valence-electron chi connectivity index (χ0n) is 10.9. The lowest BCUT2D eigenvalue weighted by atomic mass is 9.83. The first-order valence-electron chi connectivity index (χ1n) is 6.47. The van der Waals surface area contributed by atoms with Crippen LogP contribution in [0.1, 0.15) is 39.0 Å². The molecule has 0 aromatic rings. The number of nitrogens with two attached hydrogens (primary N) is 1. The molecule has 1 aliphatic rings. The Kier molecular flexibility index (Phi) is 5.89. The van der Waals surface area contributed by atoms with Crippen LogP contribution < -0.4 is 5.73 Å². The van der Waals surface area contributed by atoms with Gasteiger partial charge < -0.3 is 10.5 Å². The van der Waals surface area contributed by atoms with E-state index in [0.29, 0.717) is 19.1 Å². The Morgan fingerprint density at radius 3 is 2.71 bits per heavy atom. The van der Waals surface area contributed by atoms with E-state index in [0.717, 1.165) is 32.1 Å². The smallest absolute Gasteiger partial charge is 0.150 e. The molecule has 0 radical (unpaired) electrons. The van der Waals surface area contributed by atoms with E-state index >= 15 is 0 Å². The summed E-state index contributed by atoms with van der Waals surface area (Å²) in [6.07, 6.45) is 5.73. The Morgan fingerprint density at radius 2 is 2.12 bits per heavy atom. The summed E-state index contributed by atoms with van der Waals surface area (Å²) < 4.78 is 28.4. The van der Waals surface area contributed by atoms with E-state index in [1.165, 1.54) is 6.26 Å². The molecule has 3 atom stereocenters. The van der Waals surface area contributed by atoms with E-state index in [-0.39, 0.29) is 11.3 Å². The minimum absolute atomic E-state index is 0.0751. The second-order valence-electron chi connectivity index (χ2n) is 5.03. The molecule has 0 aromatic carbocycles. The van der Waals surface area contributed by atoms with Crippen LogP contribution in [0, 0.1) is 5.92 Å². The van der Waals surface area contributed by atoms with Gasteiger partial charge in [0, 0.05) is 25.5 Å². The molecule has 102 valence electrons. The third-order valence-electron chi connectivity index (χ3n) is 3.68. The van der Waals surface area contributed by atoms with Crippen LogP contribution in [0.4, 0.5) is 0 Å². The molecular formula is C12H25NO3S. The molecule has 2 N–H and O–H groups in total. The molecule has 0 bridgehead atoms. The highest BCUT2D eigenvalue weighted by atomic mass is 32.2. The first-order chi connectivity index (χ1) is 7.95. The number of hydrogen-bond donors (Lipinski definition) is 1. The Balaban J connectivity index is 2.43. The van der Waals surface area contributed by atoms with E-state index in [9.17, 15) is 8.42 Å². The molecule has 1 rings (SSSR count). The number of hydrogen-bond acceptors (Lipinski definition) is 4. The van der Waals surface area contributed by atoms with Crippen LogP contribution in [0.5, 0.6) is 0 Å². The second-order valence-corrected chi connectivity index (χ2v) is 7.35. The van der Waals surface area contributed by atoms with E-state index in [1.54, 1.807) is 0 Å². The van der Waals surface area contributed by atoms with E-state index in [2.05, 4.69) is 0 Å². The number of rotatable bonds is 6. The van der Waals surface area contributed by atoms with Gasteiger partial charge in [-0.05, 0) is 38.5 Å². The highest BCUT2D eigenvalue weighted by Crippen LogP contribution is 2.30. The van der Waals surface area contributed by atoms with Gasteiger partial charge in [0.2, 0.25) is 0 Å². The van der Waals surface area contributed by atoms with Crippen LogP contribution in [0.2, 0.25) is 0 Å². The maximum Gasteiger partial charge on any atom is 0.150 e. The Hall–Kier alpha value is -0.130. The topological polar surface area (TPSA) is 69.4 Å². The first-order valence-corrected chi connectivity index (χ1v) is 8.42. The number of sulfone groups is 1. The summed E-state index contributed by atoms with van der Waals surface area (Å²) in [5.74, 6) is 0.337. The summed E-state index contributed by atoms with van der Waals surface area (Å²) in [4.78, 5) is 0. The predicted octanol–water partition coefficient (Wildman–Crippen LogP) is 1.34. The summed E-state index contributed by atoms with van der Waals surface area (Å²) in [5, 5.41) is -0.181. The fourth-order valence-corrected chi connectivity index (χ4v) is 3.75. The Bertz CT molecular complexity index is 316. The van der Waals surface area contributed by atoms with Gasteiger partial charge in [0.1, 0.15) is 9.84 Å². The zero-order chi connectivity index (χ0) is 12.9. The predicted molar refractivity (Wildman–Crippen MR) is 69.7 cm³/mol. The highest BCUT2D eigenvalue weighted by Gasteiger charge is 2.31. The van der Waals surface area contributed by atoms with Crippen molar-refractivity contribution >= 4 is 9.84 Å². The molecule has 1 saturated carbocycles. The first kappa shape index (κ1) is 14.9. The average Bonchev–Trinajstić information content (AvgIpc) is 2.28. The summed E-state index contributed by atoms with van der Waals surface area (Å²) in [5.41, 5.74) is 6.12. The minimum atomic E-state index is -2.90. The van der Waals surface area contributed by atoms with Crippen LogP contribution in [0.3, 0.4) is 0 Å². The molecule has 0 aromatic heterocycles. The quantitative estimate of drug-likeness (QED) is 0.734.